The van der Waals surface area contributed by atoms with Gasteiger partial charge in [-0.3, -0.25) is 14.6 Å². The molecule has 2 aromatic carbocycles. The molecule has 3 aromatic rings. The van der Waals surface area contributed by atoms with Gasteiger partial charge in [-0.1, -0.05) is 17.7 Å². The van der Waals surface area contributed by atoms with Gasteiger partial charge in [0.25, 0.3) is 15.9 Å². The molecule has 0 bridgehead atoms. The minimum atomic E-state index is -3.72. The molecule has 0 aliphatic heterocycles. The monoisotopic (exact) mass is 370 g/mol. The number of hydrogen-bond acceptors (Lipinski definition) is 4. The van der Waals surface area contributed by atoms with Gasteiger partial charge in [0, 0.05) is 23.0 Å². The van der Waals surface area contributed by atoms with Crippen molar-refractivity contribution in [2.24, 2.45) is 0 Å². The highest BCUT2D eigenvalue weighted by Gasteiger charge is 2.15. The molecular formula is C18H18N4O3S. The number of hydrogen-bond donors (Lipinski definition) is 3. The van der Waals surface area contributed by atoms with Gasteiger partial charge >= 0.3 is 0 Å². The summed E-state index contributed by atoms with van der Waals surface area (Å²) in [6, 6.07) is 14.4. The van der Waals surface area contributed by atoms with E-state index in [1.165, 1.54) is 24.3 Å². The van der Waals surface area contributed by atoms with E-state index in [2.05, 4.69) is 20.2 Å². The van der Waals surface area contributed by atoms with Crippen molar-refractivity contribution < 1.29 is 13.2 Å². The third kappa shape index (κ3) is 4.09. The largest absolute Gasteiger partial charge is 0.305 e. The number of aromatic nitrogens is 2. The second kappa shape index (κ2) is 7.01. The van der Waals surface area contributed by atoms with Crippen LogP contribution in [0.3, 0.4) is 0 Å². The van der Waals surface area contributed by atoms with Crippen LogP contribution in [-0.4, -0.2) is 24.5 Å². The molecule has 0 aliphatic carbocycles. The average molecular weight is 370 g/mol. The predicted molar refractivity (Wildman–Crippen MR) is 99.7 cm³/mol. The lowest BCUT2D eigenvalue weighted by Crippen LogP contribution is -2.15. The van der Waals surface area contributed by atoms with Gasteiger partial charge < -0.3 is 5.32 Å². The first-order chi connectivity index (χ1) is 12.3. The molecule has 0 saturated carbocycles. The number of amides is 1. The highest BCUT2D eigenvalue weighted by Crippen LogP contribution is 2.17. The molecule has 1 heterocycles. The number of benzene rings is 2. The Morgan fingerprint density at radius 1 is 1.00 bits per heavy atom. The maximum absolute atomic E-state index is 12.4. The van der Waals surface area contributed by atoms with Crippen LogP contribution in [0.25, 0.3) is 0 Å². The van der Waals surface area contributed by atoms with Crippen molar-refractivity contribution in [2.75, 3.05) is 10.0 Å². The van der Waals surface area contributed by atoms with Crippen LogP contribution >= 0.6 is 0 Å². The second-order valence-electron chi connectivity index (χ2n) is 5.89. The number of nitrogens with one attached hydrogen (secondary N) is 3. The fourth-order valence-electron chi connectivity index (χ4n) is 2.29. The number of rotatable bonds is 5. The van der Waals surface area contributed by atoms with Crippen molar-refractivity contribution in [1.82, 2.24) is 10.2 Å². The molecule has 134 valence electrons. The van der Waals surface area contributed by atoms with E-state index < -0.39 is 10.0 Å². The number of sulfonamides is 1. The van der Waals surface area contributed by atoms with Gasteiger partial charge in [0.2, 0.25) is 0 Å². The van der Waals surface area contributed by atoms with Crippen LogP contribution in [0.2, 0.25) is 0 Å². The van der Waals surface area contributed by atoms with Crippen LogP contribution < -0.4 is 10.0 Å². The summed E-state index contributed by atoms with van der Waals surface area (Å²) in [5.41, 5.74) is 2.67. The lowest BCUT2D eigenvalue weighted by molar-refractivity contribution is 0.102. The van der Waals surface area contributed by atoms with Crippen LogP contribution in [-0.2, 0) is 10.0 Å². The zero-order valence-corrected chi connectivity index (χ0v) is 15.1. The van der Waals surface area contributed by atoms with Gasteiger partial charge in [-0.2, -0.15) is 5.10 Å². The van der Waals surface area contributed by atoms with Crippen molar-refractivity contribution in [1.29, 1.82) is 0 Å². The van der Waals surface area contributed by atoms with Crippen LogP contribution in [0, 0.1) is 13.8 Å². The molecule has 0 saturated heterocycles. The van der Waals surface area contributed by atoms with E-state index in [-0.39, 0.29) is 10.8 Å². The Morgan fingerprint density at radius 2 is 1.65 bits per heavy atom. The molecular weight excluding hydrogens is 352 g/mol. The third-order valence-electron chi connectivity index (χ3n) is 3.68. The average Bonchev–Trinajstić information content (AvgIpc) is 3.02. The van der Waals surface area contributed by atoms with Crippen LogP contribution in [0.1, 0.15) is 21.6 Å². The van der Waals surface area contributed by atoms with Gasteiger partial charge in [-0.05, 0) is 50.2 Å². The molecule has 0 aliphatic rings. The summed E-state index contributed by atoms with van der Waals surface area (Å²) in [5.74, 6) is 0.0391. The molecule has 3 rings (SSSR count). The molecule has 26 heavy (non-hydrogen) atoms. The summed E-state index contributed by atoms with van der Waals surface area (Å²) < 4.78 is 27.4. The number of carbonyl (C=O) groups excluding carboxylic acids is 1. The molecule has 0 unspecified atom stereocenters. The van der Waals surface area contributed by atoms with E-state index in [9.17, 15) is 13.2 Å². The van der Waals surface area contributed by atoms with Gasteiger partial charge in [0.05, 0.1) is 4.90 Å². The first kappa shape index (κ1) is 17.7. The molecule has 0 spiro atoms. The van der Waals surface area contributed by atoms with Gasteiger partial charge in [0.1, 0.15) is 0 Å². The van der Waals surface area contributed by atoms with E-state index in [1.54, 1.807) is 18.2 Å². The number of H-pyrrole nitrogens is 1. The van der Waals surface area contributed by atoms with Crippen molar-refractivity contribution in [3.05, 3.63) is 71.4 Å². The molecule has 1 aromatic heterocycles. The Bertz CT molecular complexity index is 1020. The number of nitrogens with zero attached hydrogens (tertiary/aromatic N) is 1. The number of anilines is 2. The van der Waals surface area contributed by atoms with E-state index >= 15 is 0 Å². The number of aromatic amines is 1. The smallest absolute Gasteiger partial charge is 0.261 e. The first-order valence-electron chi connectivity index (χ1n) is 7.86. The van der Waals surface area contributed by atoms with Crippen molar-refractivity contribution in [3.63, 3.8) is 0 Å². The molecule has 1 amide bonds. The summed E-state index contributed by atoms with van der Waals surface area (Å²) in [6.45, 7) is 3.75. The zero-order chi connectivity index (χ0) is 18.7. The summed E-state index contributed by atoms with van der Waals surface area (Å²) in [4.78, 5) is 12.3. The molecule has 8 heteroatoms. The van der Waals surface area contributed by atoms with E-state index in [4.69, 9.17) is 0 Å². The maximum Gasteiger partial charge on any atom is 0.261 e. The van der Waals surface area contributed by atoms with Gasteiger partial charge in [-0.15, -0.1) is 0 Å². The molecule has 0 radical (unpaired) electrons. The normalized spacial score (nSPS) is 11.2. The zero-order valence-electron chi connectivity index (χ0n) is 14.3. The lowest BCUT2D eigenvalue weighted by atomic mass is 10.2. The van der Waals surface area contributed by atoms with Crippen molar-refractivity contribution in [3.8, 4) is 0 Å². The highest BCUT2D eigenvalue weighted by molar-refractivity contribution is 7.92. The SMILES string of the molecule is Cc1ccc(NS(=O)(=O)c2ccc(C(=O)Nc3cc(C)[nH]n3)cc2)cc1. The summed E-state index contributed by atoms with van der Waals surface area (Å²) in [5, 5.41) is 9.29. The maximum atomic E-state index is 12.4. The van der Waals surface area contributed by atoms with Crippen molar-refractivity contribution >= 4 is 27.4 Å². The Hall–Kier alpha value is -3.13. The highest BCUT2D eigenvalue weighted by atomic mass is 32.2. The summed E-state index contributed by atoms with van der Waals surface area (Å²) in [7, 11) is -3.72. The fourth-order valence-corrected chi connectivity index (χ4v) is 3.35. The Labute approximate surface area is 151 Å². The fraction of sp³-hybridized carbons (Fsp3) is 0.111. The summed E-state index contributed by atoms with van der Waals surface area (Å²) >= 11 is 0. The Balaban J connectivity index is 1.73. The minimum absolute atomic E-state index is 0.0743. The molecule has 7 nitrogen and oxygen atoms in total. The van der Waals surface area contributed by atoms with E-state index in [0.29, 0.717) is 17.1 Å². The number of aryl methyl sites for hydroxylation is 2. The standard InChI is InChI=1S/C18H18N4O3S/c1-12-3-7-15(8-4-12)22-26(24,25)16-9-5-14(6-10-16)18(23)19-17-11-13(2)20-21-17/h3-11,22H,1-2H3,(H2,19,20,21,23). The second-order valence-corrected chi connectivity index (χ2v) is 7.57. The topological polar surface area (TPSA) is 104 Å². The summed E-state index contributed by atoms with van der Waals surface area (Å²) in [6.07, 6.45) is 0. The number of carbonyl (C=O) groups is 1. The van der Waals surface area contributed by atoms with Crippen molar-refractivity contribution in [2.45, 2.75) is 18.7 Å². The molecule has 3 N–H and O–H groups in total. The quantitative estimate of drug-likeness (QED) is 0.642. The third-order valence-corrected chi connectivity index (χ3v) is 5.08. The Kier molecular flexibility index (Phi) is 4.77. The minimum Gasteiger partial charge on any atom is -0.305 e. The lowest BCUT2D eigenvalue weighted by Gasteiger charge is -2.09. The van der Waals surface area contributed by atoms with Gasteiger partial charge in [-0.25, -0.2) is 8.42 Å². The van der Waals surface area contributed by atoms with Crippen LogP contribution in [0.5, 0.6) is 0 Å². The first-order valence-corrected chi connectivity index (χ1v) is 9.35. The van der Waals surface area contributed by atoms with E-state index in [1.807, 2.05) is 26.0 Å². The predicted octanol–water partition coefficient (Wildman–Crippen LogP) is 3.08. The molecule has 0 fully saturated rings. The Morgan fingerprint density at radius 3 is 2.23 bits per heavy atom. The van der Waals surface area contributed by atoms with E-state index in [0.717, 1.165) is 11.3 Å². The molecule has 0 atom stereocenters. The van der Waals surface area contributed by atoms with Gasteiger partial charge in [0.15, 0.2) is 5.82 Å². The van der Waals surface area contributed by atoms with Crippen LogP contribution in [0.15, 0.2) is 59.5 Å². The van der Waals surface area contributed by atoms with Crippen LogP contribution in [0.4, 0.5) is 11.5 Å².